The molecule has 0 spiro atoms. The van der Waals surface area contributed by atoms with Crippen LogP contribution in [-0.4, -0.2) is 68.0 Å². The van der Waals surface area contributed by atoms with E-state index in [1.807, 2.05) is 71.6 Å². The number of rotatable bonds is 11. The second kappa shape index (κ2) is 14.8. The van der Waals surface area contributed by atoms with Gasteiger partial charge >= 0.3 is 0 Å². The summed E-state index contributed by atoms with van der Waals surface area (Å²) in [5.41, 5.74) is 8.17. The van der Waals surface area contributed by atoms with Gasteiger partial charge in [-0.05, 0) is 47.9 Å². The quantitative estimate of drug-likeness (QED) is 0.117. The summed E-state index contributed by atoms with van der Waals surface area (Å²) in [6.07, 6.45) is 2.12. The van der Waals surface area contributed by atoms with E-state index in [1.165, 1.54) is 22.5 Å². The van der Waals surface area contributed by atoms with Crippen LogP contribution in [0, 0.1) is 0 Å². The van der Waals surface area contributed by atoms with Crippen LogP contribution < -0.4 is 21.7 Å². The highest BCUT2D eigenvalue weighted by Gasteiger charge is 2.32. The molecule has 43 heavy (non-hydrogen) atoms. The van der Waals surface area contributed by atoms with Gasteiger partial charge in [-0.15, -0.1) is 11.3 Å². The van der Waals surface area contributed by atoms with Gasteiger partial charge in [-0.1, -0.05) is 78.9 Å². The van der Waals surface area contributed by atoms with Crippen molar-refractivity contribution in [1.29, 1.82) is 0 Å². The highest BCUT2D eigenvalue weighted by molar-refractivity contribution is 7.20. The molecule has 5 N–H and O–H groups in total. The average molecular weight is 597 g/mol. The highest BCUT2D eigenvalue weighted by atomic mass is 32.1. The largest absolute Gasteiger partial charge is 0.370 e. The summed E-state index contributed by atoms with van der Waals surface area (Å²) in [4.78, 5) is 33.8. The van der Waals surface area contributed by atoms with E-state index in [4.69, 9.17) is 5.73 Å². The van der Waals surface area contributed by atoms with Gasteiger partial charge in [0.25, 0.3) is 5.91 Å². The topological polar surface area (TPSA) is 112 Å². The van der Waals surface area contributed by atoms with Crippen LogP contribution in [0.1, 0.15) is 46.0 Å². The fraction of sp³-hybridized carbons (Fsp3) is 0.324. The summed E-state index contributed by atoms with van der Waals surface area (Å²) in [5.74, 6) is 0.446. The van der Waals surface area contributed by atoms with Crippen LogP contribution in [0.25, 0.3) is 10.1 Å². The van der Waals surface area contributed by atoms with Crippen LogP contribution in [-0.2, 0) is 4.79 Å². The molecule has 224 valence electrons. The number of thiophene rings is 1. The monoisotopic (exact) mass is 596 g/mol. The number of amides is 2. The van der Waals surface area contributed by atoms with E-state index < -0.39 is 0 Å². The van der Waals surface area contributed by atoms with Crippen LogP contribution in [0.15, 0.2) is 96.0 Å². The number of benzene rings is 3. The van der Waals surface area contributed by atoms with E-state index in [0.29, 0.717) is 43.4 Å². The van der Waals surface area contributed by atoms with Crippen LogP contribution >= 0.6 is 11.3 Å². The lowest BCUT2D eigenvalue weighted by molar-refractivity contribution is -0.133. The molecule has 2 unspecified atom stereocenters. The van der Waals surface area contributed by atoms with E-state index in [-0.39, 0.29) is 29.8 Å². The minimum atomic E-state index is -0.373. The molecule has 0 radical (unpaired) electrons. The van der Waals surface area contributed by atoms with E-state index in [2.05, 4.69) is 45.2 Å². The number of carbonyl (C=O) groups is 2. The number of carbonyl (C=O) groups excluding carboxylic acids is 2. The average Bonchev–Trinajstić information content (AvgIpc) is 3.43. The third-order valence-electron chi connectivity index (χ3n) is 7.98. The van der Waals surface area contributed by atoms with Gasteiger partial charge in [0.15, 0.2) is 5.96 Å². The van der Waals surface area contributed by atoms with E-state index >= 15 is 0 Å². The molecule has 2 heterocycles. The van der Waals surface area contributed by atoms with Crippen molar-refractivity contribution in [2.24, 2.45) is 10.7 Å². The fourth-order valence-corrected chi connectivity index (χ4v) is 6.60. The number of hydrogen-bond acceptors (Lipinski definition) is 5. The molecule has 4 aromatic rings. The van der Waals surface area contributed by atoms with Crippen molar-refractivity contribution in [2.75, 3.05) is 33.2 Å². The Bertz CT molecular complexity index is 1450. The fourth-order valence-electron chi connectivity index (χ4n) is 5.62. The summed E-state index contributed by atoms with van der Waals surface area (Å²) in [5, 5.41) is 10.9. The summed E-state index contributed by atoms with van der Waals surface area (Å²) < 4.78 is 1.09. The number of hydrogen-bond donors (Lipinski definition) is 4. The van der Waals surface area contributed by atoms with E-state index in [1.54, 1.807) is 7.05 Å². The van der Waals surface area contributed by atoms with Crippen molar-refractivity contribution >= 4 is 39.2 Å². The lowest BCUT2D eigenvalue weighted by Crippen LogP contribution is -2.49. The molecule has 0 aliphatic carbocycles. The Hall–Kier alpha value is -4.21. The van der Waals surface area contributed by atoms with Crippen molar-refractivity contribution in [3.8, 4) is 0 Å². The van der Waals surface area contributed by atoms with Crippen molar-refractivity contribution in [1.82, 2.24) is 20.9 Å². The second-order valence-corrected chi connectivity index (χ2v) is 12.0. The van der Waals surface area contributed by atoms with Gasteiger partial charge in [0.05, 0.1) is 10.9 Å². The lowest BCUT2D eigenvalue weighted by atomic mass is 9.90. The number of nitrogens with one attached hydrogen (secondary N) is 3. The maximum Gasteiger partial charge on any atom is 0.261 e. The van der Waals surface area contributed by atoms with Crippen LogP contribution in [0.5, 0.6) is 0 Å². The zero-order valence-electron chi connectivity index (χ0n) is 24.5. The van der Waals surface area contributed by atoms with Gasteiger partial charge in [0.2, 0.25) is 5.91 Å². The van der Waals surface area contributed by atoms with Crippen molar-refractivity contribution in [3.63, 3.8) is 0 Å². The van der Waals surface area contributed by atoms with Crippen LogP contribution in [0.3, 0.4) is 0 Å². The number of guanidine groups is 1. The zero-order valence-corrected chi connectivity index (χ0v) is 25.4. The lowest BCUT2D eigenvalue weighted by Gasteiger charge is -2.29. The summed E-state index contributed by atoms with van der Waals surface area (Å²) in [6, 6.07) is 30.3. The predicted octanol–water partition coefficient (Wildman–Crippen LogP) is 4.34. The summed E-state index contributed by atoms with van der Waals surface area (Å²) >= 11 is 1.50. The normalized spacial score (nSPS) is 17.7. The Labute approximate surface area is 257 Å². The molecule has 5 rings (SSSR count). The standard InChI is InChI=1S/C34H40N6O2S/c1-36-34(35)37-19-10-16-29-33(42)40(23-28(24-11-4-2-5-12-24)25-13-6-3-7-14-25)20-18-27(39-29)22-38-32(41)31-21-26-15-8-9-17-30(26)43-31/h2-9,11-15,17,21,27-29,39H,10,16,18-20,22-23H2,1H3,(H,38,41)(H3,35,36,37). The molecule has 0 saturated carbocycles. The van der Waals surface area contributed by atoms with Crippen molar-refractivity contribution < 1.29 is 9.59 Å². The Morgan fingerprint density at radius 1 is 1.02 bits per heavy atom. The molecule has 1 aliphatic heterocycles. The van der Waals surface area contributed by atoms with Gasteiger partial charge in [0, 0.05) is 49.9 Å². The molecule has 3 aromatic carbocycles. The molecule has 2 amide bonds. The molecule has 1 aliphatic rings. The third kappa shape index (κ3) is 8.00. The molecular formula is C34H40N6O2S. The van der Waals surface area contributed by atoms with Gasteiger partial charge < -0.3 is 26.6 Å². The minimum absolute atomic E-state index is 0.0422. The first-order valence-electron chi connectivity index (χ1n) is 14.9. The highest BCUT2D eigenvalue weighted by Crippen LogP contribution is 2.28. The molecule has 8 nitrogen and oxygen atoms in total. The molecule has 9 heteroatoms. The zero-order chi connectivity index (χ0) is 30.0. The first kappa shape index (κ1) is 30.3. The Morgan fingerprint density at radius 3 is 2.37 bits per heavy atom. The maximum absolute atomic E-state index is 14.0. The molecule has 1 fully saturated rings. The minimum Gasteiger partial charge on any atom is -0.370 e. The molecule has 2 atom stereocenters. The Kier molecular flexibility index (Phi) is 10.4. The third-order valence-corrected chi connectivity index (χ3v) is 9.09. The Balaban J connectivity index is 1.30. The molecule has 0 bridgehead atoms. The number of nitrogens with two attached hydrogens (primary N) is 1. The number of nitrogens with zero attached hydrogens (tertiary/aromatic N) is 2. The van der Waals surface area contributed by atoms with Gasteiger partial charge in [-0.2, -0.15) is 0 Å². The van der Waals surface area contributed by atoms with Crippen molar-refractivity contribution in [2.45, 2.75) is 37.3 Å². The summed E-state index contributed by atoms with van der Waals surface area (Å²) in [7, 11) is 1.64. The van der Waals surface area contributed by atoms with E-state index in [9.17, 15) is 9.59 Å². The van der Waals surface area contributed by atoms with Crippen molar-refractivity contribution in [3.05, 3.63) is 107 Å². The molecular weight excluding hydrogens is 556 g/mol. The van der Waals surface area contributed by atoms with Crippen LogP contribution in [0.4, 0.5) is 0 Å². The molecule has 1 saturated heterocycles. The number of aliphatic imine (C=N–C) groups is 1. The van der Waals surface area contributed by atoms with Gasteiger partial charge in [0.1, 0.15) is 0 Å². The van der Waals surface area contributed by atoms with Crippen LogP contribution in [0.2, 0.25) is 0 Å². The smallest absolute Gasteiger partial charge is 0.261 e. The van der Waals surface area contributed by atoms with E-state index in [0.717, 1.165) is 22.9 Å². The second-order valence-electron chi connectivity index (χ2n) is 10.9. The number of fused-ring (bicyclic) bond motifs is 1. The maximum atomic E-state index is 14.0. The SMILES string of the molecule is CN=C(N)NCCCC1NC(CNC(=O)c2cc3ccccc3s2)CCN(CC(c2ccccc2)c2ccccc2)C1=O. The first-order chi connectivity index (χ1) is 21.0. The van der Waals surface area contributed by atoms with Gasteiger partial charge in [-0.25, -0.2) is 0 Å². The molecule has 1 aromatic heterocycles. The summed E-state index contributed by atoms with van der Waals surface area (Å²) in [6.45, 7) is 2.26. The first-order valence-corrected chi connectivity index (χ1v) is 15.7. The van der Waals surface area contributed by atoms with Gasteiger partial charge in [-0.3, -0.25) is 14.6 Å². The Morgan fingerprint density at radius 2 is 1.70 bits per heavy atom. The predicted molar refractivity (Wildman–Crippen MR) is 176 cm³/mol.